The van der Waals surface area contributed by atoms with E-state index in [1.807, 2.05) is 13.8 Å². The highest BCUT2D eigenvalue weighted by atomic mass is 16.5. The lowest BCUT2D eigenvalue weighted by Crippen LogP contribution is -2.23. The number of carboxylic acid groups (broad SMARTS) is 1. The number of hydrogen-bond donors (Lipinski definition) is 1. The van der Waals surface area contributed by atoms with E-state index in [1.165, 1.54) is 6.42 Å². The van der Waals surface area contributed by atoms with E-state index >= 15 is 0 Å². The van der Waals surface area contributed by atoms with Crippen molar-refractivity contribution in [1.82, 2.24) is 4.57 Å². The van der Waals surface area contributed by atoms with E-state index in [2.05, 4.69) is 4.57 Å². The molecule has 94 valence electrons. The van der Waals surface area contributed by atoms with Gasteiger partial charge in [-0.1, -0.05) is 0 Å². The van der Waals surface area contributed by atoms with Crippen LogP contribution in [0.15, 0.2) is 6.07 Å². The zero-order valence-corrected chi connectivity index (χ0v) is 10.4. The largest absolute Gasteiger partial charge is 0.478 e. The number of carbonyl (C=O) groups is 1. The number of nitrogens with zero attached hydrogens (tertiary/aromatic N) is 1. The standard InChI is InChI=1S/C13H19NO3/c1-9-6-12(13(15)16)10(2)14(9)7-11-4-3-5-17-8-11/h6,11H,3-5,7-8H2,1-2H3,(H,15,16)/t11-/m1/s1. The molecule has 1 aliphatic rings. The van der Waals surface area contributed by atoms with Crippen molar-refractivity contribution in [1.29, 1.82) is 0 Å². The Kier molecular flexibility index (Phi) is 3.52. The molecule has 0 bridgehead atoms. The van der Waals surface area contributed by atoms with Gasteiger partial charge in [-0.05, 0) is 32.8 Å². The van der Waals surface area contributed by atoms with Gasteiger partial charge >= 0.3 is 5.97 Å². The van der Waals surface area contributed by atoms with Gasteiger partial charge in [0.2, 0.25) is 0 Å². The zero-order valence-electron chi connectivity index (χ0n) is 10.4. The van der Waals surface area contributed by atoms with Gasteiger partial charge in [0.25, 0.3) is 0 Å². The van der Waals surface area contributed by atoms with Crippen LogP contribution in [0.5, 0.6) is 0 Å². The zero-order chi connectivity index (χ0) is 12.4. The predicted molar refractivity (Wildman–Crippen MR) is 64.4 cm³/mol. The van der Waals surface area contributed by atoms with Crippen LogP contribution in [0.3, 0.4) is 0 Å². The molecule has 1 aromatic heterocycles. The quantitative estimate of drug-likeness (QED) is 0.877. The third-order valence-corrected chi connectivity index (χ3v) is 3.50. The maximum absolute atomic E-state index is 11.0. The van der Waals surface area contributed by atoms with Gasteiger partial charge in [0.15, 0.2) is 0 Å². The van der Waals surface area contributed by atoms with E-state index in [1.54, 1.807) is 6.07 Å². The Labute approximate surface area is 101 Å². The molecule has 2 heterocycles. The number of aryl methyl sites for hydroxylation is 1. The maximum atomic E-state index is 11.0. The summed E-state index contributed by atoms with van der Waals surface area (Å²) in [6, 6.07) is 1.75. The summed E-state index contributed by atoms with van der Waals surface area (Å²) < 4.78 is 7.56. The molecule has 17 heavy (non-hydrogen) atoms. The summed E-state index contributed by atoms with van der Waals surface area (Å²) in [5.41, 5.74) is 2.28. The summed E-state index contributed by atoms with van der Waals surface area (Å²) in [6.45, 7) is 6.36. The van der Waals surface area contributed by atoms with Crippen LogP contribution in [0.2, 0.25) is 0 Å². The average molecular weight is 237 g/mol. The lowest BCUT2D eigenvalue weighted by atomic mass is 10.0. The first-order chi connectivity index (χ1) is 8.09. The highest BCUT2D eigenvalue weighted by molar-refractivity contribution is 5.89. The summed E-state index contributed by atoms with van der Waals surface area (Å²) in [6.07, 6.45) is 2.27. The Balaban J connectivity index is 2.17. The smallest absolute Gasteiger partial charge is 0.337 e. The summed E-state index contributed by atoms with van der Waals surface area (Å²) in [5.74, 6) is -0.334. The summed E-state index contributed by atoms with van der Waals surface area (Å²) in [5, 5.41) is 9.07. The second kappa shape index (κ2) is 4.92. The SMILES string of the molecule is Cc1cc(C(=O)O)c(C)n1C[C@H]1CCCOC1. The lowest BCUT2D eigenvalue weighted by molar-refractivity contribution is 0.0480. The topological polar surface area (TPSA) is 51.5 Å². The van der Waals surface area contributed by atoms with Gasteiger partial charge in [-0.3, -0.25) is 0 Å². The van der Waals surface area contributed by atoms with Gasteiger partial charge in [0.1, 0.15) is 0 Å². The summed E-state index contributed by atoms with van der Waals surface area (Å²) in [4.78, 5) is 11.0. The molecule has 0 unspecified atom stereocenters. The van der Waals surface area contributed by atoms with Crippen molar-refractivity contribution in [2.45, 2.75) is 33.2 Å². The Morgan fingerprint density at radius 2 is 2.35 bits per heavy atom. The van der Waals surface area contributed by atoms with Crippen LogP contribution in [0, 0.1) is 19.8 Å². The van der Waals surface area contributed by atoms with E-state index in [0.29, 0.717) is 11.5 Å². The molecular formula is C13H19NO3. The third kappa shape index (κ3) is 2.52. The van der Waals surface area contributed by atoms with E-state index in [0.717, 1.165) is 37.6 Å². The second-order valence-corrected chi connectivity index (χ2v) is 4.78. The van der Waals surface area contributed by atoms with E-state index < -0.39 is 5.97 Å². The van der Waals surface area contributed by atoms with Crippen LogP contribution in [-0.4, -0.2) is 28.9 Å². The molecule has 4 nitrogen and oxygen atoms in total. The first-order valence-corrected chi connectivity index (χ1v) is 6.07. The Morgan fingerprint density at radius 1 is 1.59 bits per heavy atom. The average Bonchev–Trinajstić information content (AvgIpc) is 2.58. The van der Waals surface area contributed by atoms with Crippen molar-refractivity contribution in [2.75, 3.05) is 13.2 Å². The normalized spacial score (nSPS) is 20.5. The Morgan fingerprint density at radius 3 is 2.88 bits per heavy atom. The molecule has 2 rings (SSSR count). The van der Waals surface area contributed by atoms with E-state index in [-0.39, 0.29) is 0 Å². The van der Waals surface area contributed by atoms with E-state index in [9.17, 15) is 4.79 Å². The van der Waals surface area contributed by atoms with Crippen molar-refractivity contribution in [3.63, 3.8) is 0 Å². The van der Waals surface area contributed by atoms with E-state index in [4.69, 9.17) is 9.84 Å². The molecule has 0 aromatic carbocycles. The number of carboxylic acids is 1. The molecular weight excluding hydrogens is 218 g/mol. The molecule has 0 amide bonds. The van der Waals surface area contributed by atoms with Gasteiger partial charge in [0.05, 0.1) is 12.2 Å². The maximum Gasteiger partial charge on any atom is 0.337 e. The predicted octanol–water partition coefficient (Wildman–Crippen LogP) is 2.23. The van der Waals surface area contributed by atoms with Crippen molar-refractivity contribution >= 4 is 5.97 Å². The molecule has 1 atom stereocenters. The fourth-order valence-electron chi connectivity index (χ4n) is 2.51. The van der Waals surface area contributed by atoms with Crippen LogP contribution in [-0.2, 0) is 11.3 Å². The molecule has 0 saturated carbocycles. The van der Waals surface area contributed by atoms with Crippen LogP contribution in [0.4, 0.5) is 0 Å². The van der Waals surface area contributed by atoms with Gasteiger partial charge in [0, 0.05) is 30.5 Å². The van der Waals surface area contributed by atoms with Crippen molar-refractivity contribution in [3.8, 4) is 0 Å². The molecule has 0 aliphatic carbocycles. The highest BCUT2D eigenvalue weighted by Crippen LogP contribution is 2.21. The minimum atomic E-state index is -0.843. The molecule has 1 aromatic rings. The van der Waals surface area contributed by atoms with Gasteiger partial charge in [-0.15, -0.1) is 0 Å². The fourth-order valence-corrected chi connectivity index (χ4v) is 2.51. The minimum absolute atomic E-state index is 0.416. The minimum Gasteiger partial charge on any atom is -0.478 e. The Hall–Kier alpha value is -1.29. The molecule has 1 N–H and O–H groups in total. The van der Waals surface area contributed by atoms with Crippen LogP contribution >= 0.6 is 0 Å². The number of aromatic carboxylic acids is 1. The first kappa shape index (κ1) is 12.2. The lowest BCUT2D eigenvalue weighted by Gasteiger charge is -2.24. The summed E-state index contributed by atoms with van der Waals surface area (Å²) >= 11 is 0. The Bertz CT molecular complexity index is 417. The van der Waals surface area contributed by atoms with Crippen molar-refractivity contribution in [2.24, 2.45) is 5.92 Å². The third-order valence-electron chi connectivity index (χ3n) is 3.50. The van der Waals surface area contributed by atoms with Gasteiger partial charge in [-0.2, -0.15) is 0 Å². The second-order valence-electron chi connectivity index (χ2n) is 4.78. The van der Waals surface area contributed by atoms with Gasteiger partial charge < -0.3 is 14.4 Å². The van der Waals surface area contributed by atoms with Crippen molar-refractivity contribution in [3.05, 3.63) is 23.0 Å². The number of ether oxygens (including phenoxy) is 1. The fraction of sp³-hybridized carbons (Fsp3) is 0.615. The van der Waals surface area contributed by atoms with Crippen LogP contribution < -0.4 is 0 Å². The molecule has 1 aliphatic heterocycles. The highest BCUT2D eigenvalue weighted by Gasteiger charge is 2.19. The number of hydrogen-bond acceptors (Lipinski definition) is 2. The molecule has 4 heteroatoms. The monoisotopic (exact) mass is 237 g/mol. The number of aromatic nitrogens is 1. The molecule has 0 spiro atoms. The van der Waals surface area contributed by atoms with Gasteiger partial charge in [-0.25, -0.2) is 4.79 Å². The summed E-state index contributed by atoms with van der Waals surface area (Å²) in [7, 11) is 0. The number of rotatable bonds is 3. The van der Waals surface area contributed by atoms with Crippen LogP contribution in [0.25, 0.3) is 0 Å². The molecule has 1 fully saturated rings. The molecule has 1 saturated heterocycles. The van der Waals surface area contributed by atoms with Crippen molar-refractivity contribution < 1.29 is 14.6 Å². The molecule has 0 radical (unpaired) electrons. The van der Waals surface area contributed by atoms with Crippen LogP contribution in [0.1, 0.15) is 34.6 Å². The first-order valence-electron chi connectivity index (χ1n) is 6.07.